The van der Waals surface area contributed by atoms with Gasteiger partial charge in [0.25, 0.3) is 5.91 Å². The van der Waals surface area contributed by atoms with Crippen LogP contribution in [0.5, 0.6) is 5.88 Å². The zero-order valence-corrected chi connectivity index (χ0v) is 22.4. The van der Waals surface area contributed by atoms with E-state index in [1.54, 1.807) is 36.0 Å². The van der Waals surface area contributed by atoms with Crippen molar-refractivity contribution < 1.29 is 24.5 Å². The Morgan fingerprint density at radius 1 is 1.29 bits per heavy atom. The SMILES string of the molecule is C[C@H](CO)N1C[C@H](C)[C@H](CN(C)C(=O)Cc2ccccc2)Oc2ncc(C#CC3(O)CCCC3)cc2C1=O. The van der Waals surface area contributed by atoms with E-state index in [1.807, 2.05) is 37.3 Å². The van der Waals surface area contributed by atoms with E-state index in [1.165, 1.54) is 0 Å². The van der Waals surface area contributed by atoms with Crippen LogP contribution in [0, 0.1) is 17.8 Å². The molecule has 1 aliphatic carbocycles. The number of aliphatic hydroxyl groups is 2. The van der Waals surface area contributed by atoms with Crippen molar-refractivity contribution in [3.63, 3.8) is 0 Å². The monoisotopic (exact) mass is 519 g/mol. The number of hydrogen-bond acceptors (Lipinski definition) is 6. The smallest absolute Gasteiger partial charge is 0.259 e. The molecule has 0 radical (unpaired) electrons. The number of carbonyl (C=O) groups excluding carboxylic acids is 2. The molecule has 1 aliphatic heterocycles. The Labute approximate surface area is 224 Å². The van der Waals surface area contributed by atoms with Crippen molar-refractivity contribution in [3.8, 4) is 17.7 Å². The van der Waals surface area contributed by atoms with Crippen LogP contribution in [0.2, 0.25) is 0 Å². The molecule has 4 rings (SSSR count). The van der Waals surface area contributed by atoms with Crippen LogP contribution < -0.4 is 4.74 Å². The molecule has 0 saturated heterocycles. The number of amides is 2. The van der Waals surface area contributed by atoms with E-state index in [4.69, 9.17) is 4.74 Å². The zero-order valence-electron chi connectivity index (χ0n) is 22.4. The summed E-state index contributed by atoms with van der Waals surface area (Å²) in [6, 6.07) is 10.8. The second kappa shape index (κ2) is 12.0. The lowest BCUT2D eigenvalue weighted by atomic mass is 9.99. The lowest BCUT2D eigenvalue weighted by Gasteiger charge is -2.37. The normalized spacial score (nSPS) is 21.3. The summed E-state index contributed by atoms with van der Waals surface area (Å²) >= 11 is 0. The maximum atomic E-state index is 13.6. The Morgan fingerprint density at radius 3 is 2.68 bits per heavy atom. The third-order valence-corrected chi connectivity index (χ3v) is 7.47. The predicted molar refractivity (Wildman–Crippen MR) is 143 cm³/mol. The summed E-state index contributed by atoms with van der Waals surface area (Å²) in [4.78, 5) is 34.2. The fraction of sp³-hybridized carbons (Fsp3) is 0.500. The molecule has 8 heteroatoms. The van der Waals surface area contributed by atoms with Crippen LogP contribution in [0.25, 0.3) is 0 Å². The van der Waals surface area contributed by atoms with Crippen LogP contribution in [-0.4, -0.2) is 81.3 Å². The van der Waals surface area contributed by atoms with Gasteiger partial charge >= 0.3 is 0 Å². The Bertz CT molecular complexity index is 1200. The maximum absolute atomic E-state index is 13.6. The number of rotatable bonds is 6. The number of ether oxygens (including phenoxy) is 1. The van der Waals surface area contributed by atoms with Gasteiger partial charge in [0.1, 0.15) is 17.3 Å². The fourth-order valence-electron chi connectivity index (χ4n) is 4.94. The summed E-state index contributed by atoms with van der Waals surface area (Å²) in [6.07, 6.45) is 4.56. The Morgan fingerprint density at radius 2 is 2.00 bits per heavy atom. The van der Waals surface area contributed by atoms with Gasteiger partial charge < -0.3 is 24.7 Å². The minimum atomic E-state index is -1.00. The van der Waals surface area contributed by atoms with Gasteiger partial charge in [0.15, 0.2) is 0 Å². The molecule has 0 unspecified atom stereocenters. The minimum absolute atomic E-state index is 0.0330. The van der Waals surface area contributed by atoms with E-state index in [0.717, 1.165) is 18.4 Å². The number of likely N-dealkylation sites (N-methyl/N-ethyl adjacent to an activating group) is 1. The third-order valence-electron chi connectivity index (χ3n) is 7.47. The molecule has 2 N–H and O–H groups in total. The maximum Gasteiger partial charge on any atom is 0.259 e. The highest BCUT2D eigenvalue weighted by Gasteiger charge is 2.35. The Kier molecular flexibility index (Phi) is 8.70. The molecule has 0 bridgehead atoms. The molecule has 2 heterocycles. The van der Waals surface area contributed by atoms with Gasteiger partial charge in [0.05, 0.1) is 25.6 Å². The van der Waals surface area contributed by atoms with Gasteiger partial charge in [-0.2, -0.15) is 0 Å². The van der Waals surface area contributed by atoms with E-state index in [9.17, 15) is 19.8 Å². The summed E-state index contributed by atoms with van der Waals surface area (Å²) in [5.41, 5.74) is 0.704. The lowest BCUT2D eigenvalue weighted by molar-refractivity contribution is -0.130. The van der Waals surface area contributed by atoms with Gasteiger partial charge in [-0.15, -0.1) is 0 Å². The summed E-state index contributed by atoms with van der Waals surface area (Å²) < 4.78 is 6.29. The molecule has 202 valence electrons. The number of fused-ring (bicyclic) bond motifs is 1. The fourth-order valence-corrected chi connectivity index (χ4v) is 4.94. The molecular weight excluding hydrogens is 482 g/mol. The number of aromatic nitrogens is 1. The first-order valence-electron chi connectivity index (χ1n) is 13.3. The first-order chi connectivity index (χ1) is 18.2. The summed E-state index contributed by atoms with van der Waals surface area (Å²) in [6.45, 7) is 4.25. The first-order valence-corrected chi connectivity index (χ1v) is 13.3. The van der Waals surface area contributed by atoms with Crippen LogP contribution in [0.3, 0.4) is 0 Å². The molecule has 2 aromatic rings. The largest absolute Gasteiger partial charge is 0.472 e. The van der Waals surface area contributed by atoms with E-state index >= 15 is 0 Å². The molecular formula is C30H37N3O5. The number of aliphatic hydroxyl groups excluding tert-OH is 1. The Hall–Kier alpha value is -3.41. The quantitative estimate of drug-likeness (QED) is 0.569. The molecule has 8 nitrogen and oxygen atoms in total. The van der Waals surface area contributed by atoms with E-state index < -0.39 is 17.7 Å². The molecule has 2 aliphatic rings. The molecule has 3 atom stereocenters. The van der Waals surface area contributed by atoms with E-state index in [2.05, 4.69) is 16.8 Å². The summed E-state index contributed by atoms with van der Waals surface area (Å²) in [5, 5.41) is 20.5. The van der Waals surface area contributed by atoms with Crippen molar-refractivity contribution in [1.29, 1.82) is 0 Å². The van der Waals surface area contributed by atoms with Crippen molar-refractivity contribution >= 4 is 11.8 Å². The number of carbonyl (C=O) groups is 2. The number of pyridine rings is 1. The number of hydrogen-bond donors (Lipinski definition) is 2. The molecule has 1 aromatic carbocycles. The molecule has 1 aromatic heterocycles. The van der Waals surface area contributed by atoms with Crippen LogP contribution in [0.4, 0.5) is 0 Å². The third kappa shape index (κ3) is 6.53. The zero-order chi connectivity index (χ0) is 27.3. The van der Waals surface area contributed by atoms with Crippen LogP contribution in [0.1, 0.15) is 61.0 Å². The number of benzene rings is 1. The van der Waals surface area contributed by atoms with Gasteiger partial charge in [-0.1, -0.05) is 49.1 Å². The first kappa shape index (κ1) is 27.6. The topological polar surface area (TPSA) is 103 Å². The van der Waals surface area contributed by atoms with Crippen molar-refractivity contribution in [3.05, 3.63) is 59.3 Å². The lowest BCUT2D eigenvalue weighted by Crippen LogP contribution is -2.50. The minimum Gasteiger partial charge on any atom is -0.472 e. The highest BCUT2D eigenvalue weighted by Crippen LogP contribution is 2.30. The molecule has 2 amide bonds. The van der Waals surface area contributed by atoms with Gasteiger partial charge in [-0.25, -0.2) is 4.98 Å². The second-order valence-corrected chi connectivity index (χ2v) is 10.6. The molecule has 1 saturated carbocycles. The standard InChI is InChI=1S/C30H37N3O5/c1-21-18-33(22(2)20-34)29(36)25-15-24(11-14-30(37)12-7-8-13-30)17-31-28(25)38-26(21)19-32(3)27(35)16-23-9-5-4-6-10-23/h4-6,9-10,15,17,21-22,26,34,37H,7-8,12-13,16,18-20H2,1-3H3/t21-,22+,26-/m0/s1. The average molecular weight is 520 g/mol. The van der Waals surface area contributed by atoms with Gasteiger partial charge in [0.2, 0.25) is 11.8 Å². The summed E-state index contributed by atoms with van der Waals surface area (Å²) in [5.74, 6) is 5.67. The molecule has 38 heavy (non-hydrogen) atoms. The van der Waals surface area contributed by atoms with Crippen LogP contribution in [-0.2, 0) is 11.2 Å². The van der Waals surface area contributed by atoms with Crippen LogP contribution >= 0.6 is 0 Å². The van der Waals surface area contributed by atoms with E-state index in [0.29, 0.717) is 31.5 Å². The van der Waals surface area contributed by atoms with Crippen molar-refractivity contribution in [2.24, 2.45) is 5.92 Å². The van der Waals surface area contributed by atoms with Crippen molar-refractivity contribution in [2.45, 2.75) is 63.7 Å². The average Bonchev–Trinajstić information content (AvgIpc) is 3.36. The summed E-state index contributed by atoms with van der Waals surface area (Å²) in [7, 11) is 1.75. The molecule has 1 fully saturated rings. The van der Waals surface area contributed by atoms with Gasteiger partial charge in [-0.05, 0) is 44.2 Å². The van der Waals surface area contributed by atoms with Crippen LogP contribution in [0.15, 0.2) is 42.6 Å². The number of nitrogens with zero attached hydrogens (tertiary/aromatic N) is 3. The van der Waals surface area contributed by atoms with Crippen molar-refractivity contribution in [2.75, 3.05) is 26.7 Å². The van der Waals surface area contributed by atoms with Gasteiger partial charge in [-0.3, -0.25) is 9.59 Å². The van der Waals surface area contributed by atoms with Gasteiger partial charge in [0, 0.05) is 31.3 Å². The van der Waals surface area contributed by atoms with Crippen molar-refractivity contribution in [1.82, 2.24) is 14.8 Å². The predicted octanol–water partition coefficient (Wildman–Crippen LogP) is 2.66. The Balaban J connectivity index is 1.60. The van der Waals surface area contributed by atoms with E-state index in [-0.39, 0.29) is 42.2 Å². The second-order valence-electron chi connectivity index (χ2n) is 10.6. The highest BCUT2D eigenvalue weighted by atomic mass is 16.5. The molecule has 0 spiro atoms. The highest BCUT2D eigenvalue weighted by molar-refractivity contribution is 5.97.